The Labute approximate surface area is 147 Å². The van der Waals surface area contributed by atoms with Crippen molar-refractivity contribution in [1.82, 2.24) is 4.98 Å². The molecule has 1 N–H and O–H groups in total. The lowest BCUT2D eigenvalue weighted by Crippen LogP contribution is -2.61. The highest BCUT2D eigenvalue weighted by atomic mass is 32.1. The van der Waals surface area contributed by atoms with E-state index in [1.54, 1.807) is 24.3 Å². The highest BCUT2D eigenvalue weighted by molar-refractivity contribution is 7.22. The lowest BCUT2D eigenvalue weighted by atomic mass is 9.75. The number of thiazole rings is 1. The summed E-state index contributed by atoms with van der Waals surface area (Å²) in [6.45, 7) is 0. The standard InChI is InChI=1S/C16H12F6N2OS/c17-14(16(20,21)22)9-6-7(15(14,18)19)5-8(9)12(25)24-13-23-10-3-1-2-4-11(10)26-13/h1-4,7-9H,5-6H2,(H,23,24,25)/t7-,8-,9-,14+/m1/s1. The average Bonchev–Trinajstić information content (AvgIpc) is 3.20. The highest BCUT2D eigenvalue weighted by Crippen LogP contribution is 2.68. The van der Waals surface area contributed by atoms with E-state index in [-0.39, 0.29) is 5.13 Å². The Balaban J connectivity index is 1.60. The van der Waals surface area contributed by atoms with Gasteiger partial charge in [-0.3, -0.25) is 4.79 Å². The van der Waals surface area contributed by atoms with Crippen molar-refractivity contribution in [2.45, 2.75) is 30.6 Å². The number of carbonyl (C=O) groups is 1. The lowest BCUT2D eigenvalue weighted by Gasteiger charge is -2.40. The minimum atomic E-state index is -5.75. The topological polar surface area (TPSA) is 42.0 Å². The van der Waals surface area contributed by atoms with Crippen LogP contribution in [0.3, 0.4) is 0 Å². The SMILES string of the molecule is O=C(Nc1nc2ccccc2s1)[C@@H]1C[C@@H]2C[C@H]1[C@@](F)(C(F)(F)F)C2(F)F. The summed E-state index contributed by atoms with van der Waals surface area (Å²) in [5, 5.41) is 2.51. The van der Waals surface area contributed by atoms with E-state index in [0.29, 0.717) is 5.52 Å². The summed E-state index contributed by atoms with van der Waals surface area (Å²) in [6.07, 6.45) is -6.89. The number of hydrogen-bond acceptors (Lipinski definition) is 3. The summed E-state index contributed by atoms with van der Waals surface area (Å²) < 4.78 is 82.5. The van der Waals surface area contributed by atoms with Crippen molar-refractivity contribution in [2.75, 3.05) is 5.32 Å². The highest BCUT2D eigenvalue weighted by Gasteiger charge is 2.84. The van der Waals surface area contributed by atoms with Gasteiger partial charge in [0.15, 0.2) is 5.13 Å². The minimum Gasteiger partial charge on any atom is -0.302 e. The minimum absolute atomic E-state index is 0.141. The number of aromatic nitrogens is 1. The van der Waals surface area contributed by atoms with Crippen LogP contribution in [0.5, 0.6) is 0 Å². The van der Waals surface area contributed by atoms with Gasteiger partial charge >= 0.3 is 6.18 Å². The van der Waals surface area contributed by atoms with Crippen molar-refractivity contribution in [3.8, 4) is 0 Å². The van der Waals surface area contributed by atoms with Crippen LogP contribution in [0.4, 0.5) is 31.5 Å². The van der Waals surface area contributed by atoms with Crippen molar-refractivity contribution < 1.29 is 31.1 Å². The monoisotopic (exact) mass is 394 g/mol. The number of para-hydroxylation sites is 1. The maximum absolute atomic E-state index is 14.5. The molecule has 1 amide bonds. The quantitative estimate of drug-likeness (QED) is 0.744. The summed E-state index contributed by atoms with van der Waals surface area (Å²) in [6, 6.07) is 6.92. The number of anilines is 1. The predicted octanol–water partition coefficient (Wildman–Crippen LogP) is 4.80. The van der Waals surface area contributed by atoms with Crippen LogP contribution in [0.25, 0.3) is 10.2 Å². The Bertz CT molecular complexity index is 848. The Morgan fingerprint density at radius 1 is 1.19 bits per heavy atom. The lowest BCUT2D eigenvalue weighted by molar-refractivity contribution is -0.321. The molecule has 0 spiro atoms. The number of rotatable bonds is 2. The molecule has 2 aliphatic carbocycles. The van der Waals surface area contributed by atoms with E-state index >= 15 is 0 Å². The number of nitrogens with zero attached hydrogens (tertiary/aromatic N) is 1. The molecule has 2 aromatic rings. The summed E-state index contributed by atoms with van der Waals surface area (Å²) in [5.74, 6) is -10.8. The maximum Gasteiger partial charge on any atom is 0.428 e. The zero-order valence-corrected chi connectivity index (χ0v) is 13.8. The molecular formula is C16H12F6N2OS. The molecule has 0 radical (unpaired) electrons. The van der Waals surface area contributed by atoms with Gasteiger partial charge in [-0.05, 0) is 25.0 Å². The summed E-state index contributed by atoms with van der Waals surface area (Å²) >= 11 is 1.10. The Kier molecular flexibility index (Phi) is 3.61. The maximum atomic E-state index is 14.5. The number of amides is 1. The van der Waals surface area contributed by atoms with Gasteiger partial charge in [0.2, 0.25) is 5.91 Å². The molecule has 1 aromatic heterocycles. The third-order valence-corrected chi connectivity index (χ3v) is 6.30. The fourth-order valence-electron chi connectivity index (χ4n) is 4.13. The van der Waals surface area contributed by atoms with Gasteiger partial charge in [0, 0.05) is 17.8 Å². The van der Waals surface area contributed by atoms with E-state index in [2.05, 4.69) is 10.3 Å². The van der Waals surface area contributed by atoms with Crippen molar-refractivity contribution in [1.29, 1.82) is 0 Å². The molecule has 26 heavy (non-hydrogen) atoms. The molecule has 4 rings (SSSR count). The molecule has 0 unspecified atom stereocenters. The normalized spacial score (nSPS) is 32.9. The second kappa shape index (κ2) is 5.34. The Morgan fingerprint density at radius 3 is 2.50 bits per heavy atom. The van der Waals surface area contributed by atoms with E-state index in [4.69, 9.17) is 0 Å². The van der Waals surface area contributed by atoms with Crippen molar-refractivity contribution in [3.05, 3.63) is 24.3 Å². The zero-order chi connectivity index (χ0) is 18.9. The van der Waals surface area contributed by atoms with Crippen LogP contribution in [0.15, 0.2) is 24.3 Å². The molecule has 0 saturated heterocycles. The van der Waals surface area contributed by atoms with Crippen LogP contribution in [-0.2, 0) is 4.79 Å². The van der Waals surface area contributed by atoms with Crippen molar-refractivity contribution >= 4 is 32.6 Å². The second-order valence-corrected chi connectivity index (χ2v) is 7.72. The first kappa shape index (κ1) is 17.6. The molecule has 4 atom stereocenters. The number of halogens is 6. The molecule has 2 fully saturated rings. The first-order valence-corrected chi connectivity index (χ1v) is 8.67. The van der Waals surface area contributed by atoms with Crippen LogP contribution >= 0.6 is 11.3 Å². The molecule has 3 nitrogen and oxygen atoms in total. The van der Waals surface area contributed by atoms with E-state index in [0.717, 1.165) is 16.0 Å². The zero-order valence-electron chi connectivity index (χ0n) is 13.0. The summed E-state index contributed by atoms with van der Waals surface area (Å²) in [4.78, 5) is 16.5. The molecule has 1 heterocycles. The van der Waals surface area contributed by atoms with Gasteiger partial charge in [-0.25, -0.2) is 18.2 Å². The molecule has 10 heteroatoms. The van der Waals surface area contributed by atoms with Crippen LogP contribution in [0.1, 0.15) is 12.8 Å². The van der Waals surface area contributed by atoms with Gasteiger partial charge < -0.3 is 5.32 Å². The number of benzene rings is 1. The van der Waals surface area contributed by atoms with Gasteiger partial charge in [0.05, 0.1) is 10.2 Å². The third kappa shape index (κ3) is 2.20. The number of fused-ring (bicyclic) bond motifs is 3. The van der Waals surface area contributed by atoms with Gasteiger partial charge in [-0.15, -0.1) is 0 Å². The first-order valence-electron chi connectivity index (χ1n) is 7.85. The predicted molar refractivity (Wildman–Crippen MR) is 82.8 cm³/mol. The van der Waals surface area contributed by atoms with Crippen molar-refractivity contribution in [2.24, 2.45) is 17.8 Å². The van der Waals surface area contributed by atoms with Crippen LogP contribution < -0.4 is 5.32 Å². The summed E-state index contributed by atoms with van der Waals surface area (Å²) in [7, 11) is 0. The molecule has 2 saturated carbocycles. The molecule has 140 valence electrons. The van der Waals surface area contributed by atoms with E-state index in [1.165, 1.54) is 0 Å². The van der Waals surface area contributed by atoms with Crippen LogP contribution in [0.2, 0.25) is 0 Å². The van der Waals surface area contributed by atoms with E-state index in [1.807, 2.05) is 0 Å². The summed E-state index contributed by atoms with van der Waals surface area (Å²) in [5.41, 5.74) is -4.10. The van der Waals surface area contributed by atoms with Crippen molar-refractivity contribution in [3.63, 3.8) is 0 Å². The number of carbonyl (C=O) groups excluding carboxylic acids is 1. The largest absolute Gasteiger partial charge is 0.428 e. The third-order valence-electron chi connectivity index (χ3n) is 5.34. The molecule has 0 aliphatic heterocycles. The molecule has 2 bridgehead atoms. The van der Waals surface area contributed by atoms with Gasteiger partial charge in [0.1, 0.15) is 0 Å². The van der Waals surface area contributed by atoms with E-state index < -0.39 is 54.3 Å². The van der Waals surface area contributed by atoms with Gasteiger partial charge in [-0.1, -0.05) is 23.5 Å². The molecule has 1 aromatic carbocycles. The van der Waals surface area contributed by atoms with Crippen LogP contribution in [0, 0.1) is 17.8 Å². The van der Waals surface area contributed by atoms with E-state index in [9.17, 15) is 31.1 Å². The number of nitrogens with one attached hydrogen (secondary N) is 1. The average molecular weight is 394 g/mol. The second-order valence-electron chi connectivity index (χ2n) is 6.69. The molecular weight excluding hydrogens is 382 g/mol. The fourth-order valence-corrected chi connectivity index (χ4v) is 5.00. The first-order chi connectivity index (χ1) is 12.1. The van der Waals surface area contributed by atoms with Crippen LogP contribution in [-0.4, -0.2) is 28.7 Å². The number of hydrogen-bond donors (Lipinski definition) is 1. The van der Waals surface area contributed by atoms with Gasteiger partial charge in [-0.2, -0.15) is 13.2 Å². The molecule has 2 aliphatic rings. The Morgan fingerprint density at radius 2 is 1.88 bits per heavy atom. The fraction of sp³-hybridized carbons (Fsp3) is 0.500. The number of alkyl halides is 6. The van der Waals surface area contributed by atoms with Gasteiger partial charge in [0.25, 0.3) is 11.6 Å². The Hall–Kier alpha value is -1.84. The smallest absolute Gasteiger partial charge is 0.302 e.